The van der Waals surface area contributed by atoms with Gasteiger partial charge in [-0.1, -0.05) is 6.42 Å². The van der Waals surface area contributed by atoms with E-state index in [1.165, 1.54) is 9.75 Å². The van der Waals surface area contributed by atoms with E-state index in [1.807, 2.05) is 23.1 Å². The van der Waals surface area contributed by atoms with Crippen molar-refractivity contribution in [1.82, 2.24) is 0 Å². The molecule has 6 heteroatoms. The summed E-state index contributed by atoms with van der Waals surface area (Å²) in [5, 5.41) is 0. The molecule has 1 aliphatic heterocycles. The molecule has 2 N–H and O–H groups in total. The topological polar surface area (TPSA) is 64.8 Å². The summed E-state index contributed by atoms with van der Waals surface area (Å²) in [6.07, 6.45) is 3.71. The van der Waals surface area contributed by atoms with Crippen LogP contribution in [0.25, 0.3) is 0 Å². The van der Waals surface area contributed by atoms with Crippen molar-refractivity contribution >= 4 is 22.9 Å². The number of ether oxygens (including phenoxy) is 2. The van der Waals surface area contributed by atoms with Crippen LogP contribution in [-0.4, -0.2) is 25.2 Å². The van der Waals surface area contributed by atoms with E-state index in [0.717, 1.165) is 37.1 Å². The molecule has 1 aliphatic carbocycles. The molecule has 1 aromatic carbocycles. The molecule has 144 valence electrons. The van der Waals surface area contributed by atoms with Crippen LogP contribution in [0.15, 0.2) is 30.3 Å². The molecule has 0 bridgehead atoms. The van der Waals surface area contributed by atoms with Crippen LogP contribution in [0, 0.1) is 12.8 Å². The Morgan fingerprint density at radius 3 is 2.74 bits per heavy atom. The predicted molar refractivity (Wildman–Crippen MR) is 108 cm³/mol. The molecule has 2 unspecified atom stereocenters. The van der Waals surface area contributed by atoms with Gasteiger partial charge in [0.25, 0.3) is 0 Å². The van der Waals surface area contributed by atoms with Gasteiger partial charge in [-0.3, -0.25) is 4.79 Å². The van der Waals surface area contributed by atoms with Crippen molar-refractivity contribution in [2.24, 2.45) is 11.7 Å². The Kier molecular flexibility index (Phi) is 5.36. The minimum absolute atomic E-state index is 0.0111. The first-order chi connectivity index (χ1) is 13.1. The molecule has 0 spiro atoms. The summed E-state index contributed by atoms with van der Waals surface area (Å²) in [7, 11) is 0. The van der Waals surface area contributed by atoms with Crippen molar-refractivity contribution < 1.29 is 14.3 Å². The van der Waals surface area contributed by atoms with Crippen LogP contribution in [0.4, 0.5) is 5.69 Å². The second kappa shape index (κ2) is 7.90. The van der Waals surface area contributed by atoms with Crippen LogP contribution >= 0.6 is 11.3 Å². The number of amides is 1. The molecule has 1 fully saturated rings. The molecule has 2 aromatic rings. The average Bonchev–Trinajstić information content (AvgIpc) is 3.10. The lowest BCUT2D eigenvalue weighted by atomic mass is 9.85. The fraction of sp³-hybridized carbons (Fsp3) is 0.476. The molecule has 0 radical (unpaired) electrons. The largest absolute Gasteiger partial charge is 0.486 e. The minimum Gasteiger partial charge on any atom is -0.486 e. The Balaban J connectivity index is 1.63. The smallest absolute Gasteiger partial charge is 0.230 e. The summed E-state index contributed by atoms with van der Waals surface area (Å²) in [4.78, 5) is 17.7. The average molecular weight is 387 g/mol. The number of hydrogen-bond donors (Lipinski definition) is 1. The lowest BCUT2D eigenvalue weighted by molar-refractivity contribution is -0.123. The molecule has 4 rings (SSSR count). The van der Waals surface area contributed by atoms with Crippen LogP contribution in [0.2, 0.25) is 0 Å². The Bertz CT molecular complexity index is 820. The number of thiophene rings is 1. The van der Waals surface area contributed by atoms with Crippen molar-refractivity contribution in [3.63, 3.8) is 0 Å². The molecule has 1 aromatic heterocycles. The third-order valence-electron chi connectivity index (χ3n) is 5.28. The maximum Gasteiger partial charge on any atom is 0.230 e. The number of benzene rings is 1. The van der Waals surface area contributed by atoms with Crippen LogP contribution in [-0.2, 0) is 11.3 Å². The minimum atomic E-state index is -0.0111. The van der Waals surface area contributed by atoms with E-state index in [1.54, 1.807) is 11.3 Å². The van der Waals surface area contributed by atoms with Crippen molar-refractivity contribution in [3.8, 4) is 11.5 Å². The van der Waals surface area contributed by atoms with E-state index < -0.39 is 0 Å². The number of nitrogens with zero attached hydrogens (tertiary/aromatic N) is 1. The SMILES string of the molecule is Cc1ccc(CN(C(=O)C2CCCC(N)C2)c2ccc3c(c2)OCCO3)s1. The van der Waals surface area contributed by atoms with Gasteiger partial charge in [0, 0.05) is 33.5 Å². The highest BCUT2D eigenvalue weighted by Gasteiger charge is 2.30. The fourth-order valence-electron chi connectivity index (χ4n) is 3.89. The third kappa shape index (κ3) is 4.12. The molecule has 5 nitrogen and oxygen atoms in total. The molecule has 0 saturated heterocycles. The van der Waals surface area contributed by atoms with Crippen LogP contribution in [0.5, 0.6) is 11.5 Å². The standard InChI is InChI=1S/C21H26N2O3S/c1-14-5-7-18(27-14)13-23(21(24)15-3-2-4-16(22)11-15)17-6-8-19-20(12-17)26-10-9-25-19/h5-8,12,15-16H,2-4,9-11,13,22H2,1H3. The monoisotopic (exact) mass is 386 g/mol. The Morgan fingerprint density at radius 2 is 2.00 bits per heavy atom. The van der Waals surface area contributed by atoms with Gasteiger partial charge in [-0.15, -0.1) is 11.3 Å². The van der Waals surface area contributed by atoms with Gasteiger partial charge in [-0.05, 0) is 50.5 Å². The van der Waals surface area contributed by atoms with E-state index in [4.69, 9.17) is 15.2 Å². The van der Waals surface area contributed by atoms with Gasteiger partial charge in [0.1, 0.15) is 13.2 Å². The van der Waals surface area contributed by atoms with Crippen LogP contribution < -0.4 is 20.1 Å². The van der Waals surface area contributed by atoms with Gasteiger partial charge in [-0.2, -0.15) is 0 Å². The number of anilines is 1. The summed E-state index contributed by atoms with van der Waals surface area (Å²) in [5.41, 5.74) is 7.00. The number of carbonyl (C=O) groups excluding carboxylic acids is 1. The molecule has 1 amide bonds. The third-order valence-corrected chi connectivity index (χ3v) is 6.26. The second-order valence-corrected chi connectivity index (χ2v) is 8.76. The number of carbonyl (C=O) groups is 1. The van der Waals surface area contributed by atoms with Crippen molar-refractivity contribution in [2.45, 2.75) is 45.2 Å². The molecular formula is C21H26N2O3S. The van der Waals surface area contributed by atoms with E-state index in [2.05, 4.69) is 19.1 Å². The molecule has 2 atom stereocenters. The lowest BCUT2D eigenvalue weighted by Crippen LogP contribution is -2.40. The summed E-state index contributed by atoms with van der Waals surface area (Å²) >= 11 is 1.73. The highest BCUT2D eigenvalue weighted by molar-refractivity contribution is 7.11. The molecule has 2 aliphatic rings. The number of rotatable bonds is 4. The van der Waals surface area contributed by atoms with Gasteiger partial charge >= 0.3 is 0 Å². The highest BCUT2D eigenvalue weighted by Crippen LogP contribution is 2.36. The number of nitrogens with two attached hydrogens (primary N) is 1. The summed E-state index contributed by atoms with van der Waals surface area (Å²) in [6, 6.07) is 10.1. The van der Waals surface area contributed by atoms with Gasteiger partial charge < -0.3 is 20.1 Å². The first-order valence-corrected chi connectivity index (χ1v) is 10.4. The number of aryl methyl sites for hydroxylation is 1. The Morgan fingerprint density at radius 1 is 1.19 bits per heavy atom. The van der Waals surface area contributed by atoms with Crippen molar-refractivity contribution in [2.75, 3.05) is 18.1 Å². The zero-order valence-corrected chi connectivity index (χ0v) is 16.5. The van der Waals surface area contributed by atoms with E-state index in [0.29, 0.717) is 25.5 Å². The van der Waals surface area contributed by atoms with Gasteiger partial charge in [0.15, 0.2) is 11.5 Å². The number of hydrogen-bond acceptors (Lipinski definition) is 5. The molecule has 27 heavy (non-hydrogen) atoms. The normalized spacial score (nSPS) is 21.7. The van der Waals surface area contributed by atoms with Crippen LogP contribution in [0.3, 0.4) is 0 Å². The van der Waals surface area contributed by atoms with Gasteiger partial charge in [0.2, 0.25) is 5.91 Å². The van der Waals surface area contributed by atoms with Crippen molar-refractivity contribution in [3.05, 3.63) is 40.1 Å². The predicted octanol–water partition coefficient (Wildman–Crippen LogP) is 3.88. The zero-order valence-electron chi connectivity index (χ0n) is 15.6. The second-order valence-electron chi connectivity index (χ2n) is 7.39. The van der Waals surface area contributed by atoms with E-state index >= 15 is 0 Å². The van der Waals surface area contributed by atoms with Crippen molar-refractivity contribution in [1.29, 1.82) is 0 Å². The quantitative estimate of drug-likeness (QED) is 0.866. The summed E-state index contributed by atoms with van der Waals surface area (Å²) in [5.74, 6) is 1.60. The molecular weight excluding hydrogens is 360 g/mol. The zero-order chi connectivity index (χ0) is 18.8. The highest BCUT2D eigenvalue weighted by atomic mass is 32.1. The van der Waals surface area contributed by atoms with Gasteiger partial charge in [0.05, 0.1) is 6.54 Å². The fourth-order valence-corrected chi connectivity index (χ4v) is 4.77. The van der Waals surface area contributed by atoms with E-state index in [9.17, 15) is 4.79 Å². The maximum absolute atomic E-state index is 13.4. The number of fused-ring (bicyclic) bond motifs is 1. The maximum atomic E-state index is 13.4. The molecule has 2 heterocycles. The van der Waals surface area contributed by atoms with Crippen LogP contribution in [0.1, 0.15) is 35.4 Å². The summed E-state index contributed by atoms with van der Waals surface area (Å²) in [6.45, 7) is 3.75. The Hall–Kier alpha value is -2.05. The Labute approximate surface area is 164 Å². The first kappa shape index (κ1) is 18.3. The molecule has 1 saturated carbocycles. The summed E-state index contributed by atoms with van der Waals surface area (Å²) < 4.78 is 11.4. The van der Waals surface area contributed by atoms with E-state index in [-0.39, 0.29) is 17.9 Å². The van der Waals surface area contributed by atoms with Gasteiger partial charge in [-0.25, -0.2) is 0 Å². The lowest BCUT2D eigenvalue weighted by Gasteiger charge is -2.32. The first-order valence-electron chi connectivity index (χ1n) is 9.62.